The van der Waals surface area contributed by atoms with E-state index >= 15 is 0 Å². The van der Waals surface area contributed by atoms with E-state index in [9.17, 15) is 22.8 Å². The lowest BCUT2D eigenvalue weighted by Gasteiger charge is -2.21. The highest BCUT2D eigenvalue weighted by atomic mass is 32.2. The summed E-state index contributed by atoms with van der Waals surface area (Å²) in [6.45, 7) is 2.92. The number of nitrogens with zero attached hydrogens (tertiary/aromatic N) is 1. The van der Waals surface area contributed by atoms with Gasteiger partial charge in [0, 0.05) is 24.8 Å². The molecule has 0 bridgehead atoms. The maximum atomic E-state index is 13.5. The van der Waals surface area contributed by atoms with Crippen molar-refractivity contribution in [1.82, 2.24) is 14.9 Å². The number of sulfonamides is 1. The van der Waals surface area contributed by atoms with Crippen molar-refractivity contribution in [2.45, 2.75) is 62.0 Å². The van der Waals surface area contributed by atoms with E-state index in [1.54, 1.807) is 24.3 Å². The Labute approximate surface area is 214 Å². The molecule has 1 amide bonds. The number of furan rings is 1. The number of ketones is 2. The molecule has 3 fully saturated rings. The van der Waals surface area contributed by atoms with Crippen molar-refractivity contribution in [3.05, 3.63) is 47.2 Å². The molecule has 3 aliphatic rings. The van der Waals surface area contributed by atoms with E-state index in [0.29, 0.717) is 31.7 Å². The Morgan fingerprint density at radius 2 is 1.92 bits per heavy atom. The van der Waals surface area contributed by atoms with Gasteiger partial charge in [-0.05, 0) is 56.8 Å². The van der Waals surface area contributed by atoms with Gasteiger partial charge in [-0.25, -0.2) is 8.42 Å². The Morgan fingerprint density at radius 1 is 1.22 bits per heavy atom. The second kappa shape index (κ2) is 10.0. The van der Waals surface area contributed by atoms with Crippen LogP contribution in [0.15, 0.2) is 39.8 Å². The first kappa shape index (κ1) is 25.6. The summed E-state index contributed by atoms with van der Waals surface area (Å²) in [5.41, 5.74) is 7.04. The minimum absolute atomic E-state index is 0.00470. The lowest BCUT2D eigenvalue weighted by molar-refractivity contribution is -0.138. The first-order valence-electron chi connectivity index (χ1n) is 12.4. The summed E-state index contributed by atoms with van der Waals surface area (Å²) in [7, 11) is -3.86. The Balaban J connectivity index is 1.38. The summed E-state index contributed by atoms with van der Waals surface area (Å²) in [4.78, 5) is 39.7. The number of ether oxygens (including phenoxy) is 1. The molecule has 4 N–H and O–H groups in total. The Bertz CT molecular complexity index is 1320. The van der Waals surface area contributed by atoms with Gasteiger partial charge in [0.15, 0.2) is 17.7 Å². The average molecular weight is 531 g/mol. The van der Waals surface area contributed by atoms with Crippen LogP contribution in [0.5, 0.6) is 0 Å². The summed E-state index contributed by atoms with van der Waals surface area (Å²) in [6, 6.07) is 6.39. The number of Topliss-reactive ketones (excluding diaryl/α,β-unsaturated/α-hetero) is 2. The molecular formula is C25H30N4O7S. The highest BCUT2D eigenvalue weighted by Crippen LogP contribution is 2.27. The minimum Gasteiger partial charge on any atom is -0.448 e. The Morgan fingerprint density at radius 3 is 2.59 bits per heavy atom. The first-order valence-corrected chi connectivity index (χ1v) is 13.8. The summed E-state index contributed by atoms with van der Waals surface area (Å²) < 4.78 is 38.4. The van der Waals surface area contributed by atoms with Gasteiger partial charge in [0.05, 0.1) is 23.8 Å². The third kappa shape index (κ3) is 4.93. The fourth-order valence-corrected chi connectivity index (χ4v) is 6.61. The summed E-state index contributed by atoms with van der Waals surface area (Å²) >= 11 is 0. The second-order valence-electron chi connectivity index (χ2n) is 9.70. The van der Waals surface area contributed by atoms with Crippen LogP contribution < -0.4 is 16.4 Å². The number of nitrogen functional groups attached to an aromatic ring is 1. The third-order valence-corrected chi connectivity index (χ3v) is 8.92. The van der Waals surface area contributed by atoms with Crippen LogP contribution >= 0.6 is 0 Å². The molecule has 11 nitrogen and oxygen atoms in total. The number of carbonyl (C=O) groups is 3. The van der Waals surface area contributed by atoms with Crippen LogP contribution in [0.4, 0.5) is 5.69 Å². The minimum atomic E-state index is -3.86. The van der Waals surface area contributed by atoms with E-state index in [1.807, 2.05) is 0 Å². The molecule has 4 atom stereocenters. The summed E-state index contributed by atoms with van der Waals surface area (Å²) in [5, 5.41) is 5.44. The van der Waals surface area contributed by atoms with Gasteiger partial charge in [0.2, 0.25) is 5.09 Å². The predicted molar refractivity (Wildman–Crippen MR) is 132 cm³/mol. The fraction of sp³-hybridized carbons (Fsp3) is 0.480. The first-order chi connectivity index (χ1) is 17.6. The molecule has 1 aromatic heterocycles. The zero-order chi connectivity index (χ0) is 26.3. The fourth-order valence-electron chi connectivity index (χ4n) is 5.12. The topological polar surface area (TPSA) is 161 Å². The van der Waals surface area contributed by atoms with E-state index in [-0.39, 0.29) is 34.7 Å². The number of hydrogen-bond acceptors (Lipinski definition) is 9. The van der Waals surface area contributed by atoms with Crippen molar-refractivity contribution < 1.29 is 32.0 Å². The quantitative estimate of drug-likeness (QED) is 0.327. The number of rotatable bonds is 8. The van der Waals surface area contributed by atoms with E-state index < -0.39 is 39.9 Å². The molecule has 12 heteroatoms. The van der Waals surface area contributed by atoms with Gasteiger partial charge in [-0.3, -0.25) is 14.4 Å². The van der Waals surface area contributed by atoms with E-state index in [1.165, 1.54) is 17.3 Å². The van der Waals surface area contributed by atoms with Crippen LogP contribution in [0.1, 0.15) is 40.9 Å². The molecule has 3 saturated heterocycles. The molecule has 3 aliphatic heterocycles. The number of nitrogens with two attached hydrogens (primary N) is 1. The number of hydrogen-bond donors (Lipinski definition) is 3. The molecule has 1 aromatic carbocycles. The molecule has 0 aliphatic carbocycles. The lowest BCUT2D eigenvalue weighted by atomic mass is 9.95. The van der Waals surface area contributed by atoms with Crippen LogP contribution in [-0.4, -0.2) is 74.1 Å². The highest BCUT2D eigenvalue weighted by molar-refractivity contribution is 7.89. The van der Waals surface area contributed by atoms with Gasteiger partial charge >= 0.3 is 0 Å². The highest BCUT2D eigenvalue weighted by Gasteiger charge is 2.50. The molecule has 4 unspecified atom stereocenters. The lowest BCUT2D eigenvalue weighted by Crippen LogP contribution is -2.49. The molecule has 37 heavy (non-hydrogen) atoms. The monoisotopic (exact) mass is 530 g/mol. The largest absolute Gasteiger partial charge is 0.448 e. The molecule has 0 spiro atoms. The van der Waals surface area contributed by atoms with Crippen LogP contribution in [0.3, 0.4) is 0 Å². The zero-order valence-corrected chi connectivity index (χ0v) is 21.3. The number of nitrogens with one attached hydrogen (secondary N) is 2. The maximum Gasteiger partial charge on any atom is 0.276 e. The summed E-state index contributed by atoms with van der Waals surface area (Å²) in [5.74, 6) is -1.47. The Hall–Kier alpha value is -3.06. The zero-order valence-electron chi connectivity index (χ0n) is 20.4. The van der Waals surface area contributed by atoms with Gasteiger partial charge in [-0.2, -0.15) is 4.31 Å². The van der Waals surface area contributed by atoms with Crippen molar-refractivity contribution in [3.8, 4) is 0 Å². The van der Waals surface area contributed by atoms with Gasteiger partial charge in [-0.1, -0.05) is 12.1 Å². The predicted octanol–water partition coefficient (Wildman–Crippen LogP) is 0.563. The Kier molecular flexibility index (Phi) is 6.92. The van der Waals surface area contributed by atoms with Crippen molar-refractivity contribution in [3.63, 3.8) is 0 Å². The van der Waals surface area contributed by atoms with Crippen molar-refractivity contribution >= 4 is 33.2 Å². The van der Waals surface area contributed by atoms with Crippen LogP contribution in [0.25, 0.3) is 0 Å². The standard InChI is InChI=1S/C25H30N4O7S/c1-14-17(13-20(35-14)37(33,34)29-10-2-3-11-29)25(32)28-18(12-15-4-6-16(26)7-5-15)22(30)24-23(31)21-19(36-24)8-9-27-21/h4-7,13,18-19,21,24,27H,2-3,8-12,26H2,1H3,(H,28,32). The van der Waals surface area contributed by atoms with Crippen molar-refractivity contribution in [1.29, 1.82) is 0 Å². The molecular weight excluding hydrogens is 500 g/mol. The van der Waals surface area contributed by atoms with Gasteiger partial charge in [-0.15, -0.1) is 0 Å². The smallest absolute Gasteiger partial charge is 0.276 e. The molecule has 4 heterocycles. The molecule has 5 rings (SSSR count). The molecule has 198 valence electrons. The average Bonchev–Trinajstić information content (AvgIpc) is 3.66. The number of benzene rings is 1. The second-order valence-corrected chi connectivity index (χ2v) is 11.6. The van der Waals surface area contributed by atoms with Crippen LogP contribution in [0, 0.1) is 6.92 Å². The van der Waals surface area contributed by atoms with Gasteiger partial charge in [0.25, 0.3) is 15.9 Å². The number of amides is 1. The van der Waals surface area contributed by atoms with E-state index in [0.717, 1.165) is 18.4 Å². The number of anilines is 1. The third-order valence-electron chi connectivity index (χ3n) is 7.17. The SMILES string of the molecule is Cc1oc(S(=O)(=O)N2CCCC2)cc1C(=O)NC(Cc1ccc(N)cc1)C(=O)C1OC2CCNC2C1=O. The molecule has 0 saturated carbocycles. The molecule has 0 radical (unpaired) electrons. The van der Waals surface area contributed by atoms with Gasteiger partial charge in [0.1, 0.15) is 5.76 Å². The maximum absolute atomic E-state index is 13.5. The van der Waals surface area contributed by atoms with E-state index in [2.05, 4.69) is 10.6 Å². The number of carbonyl (C=O) groups excluding carboxylic acids is 3. The van der Waals surface area contributed by atoms with E-state index in [4.69, 9.17) is 14.9 Å². The molecule has 2 aromatic rings. The van der Waals surface area contributed by atoms with Crippen molar-refractivity contribution in [2.75, 3.05) is 25.4 Å². The van der Waals surface area contributed by atoms with Crippen LogP contribution in [0.2, 0.25) is 0 Å². The van der Waals surface area contributed by atoms with Gasteiger partial charge < -0.3 is 25.5 Å². The van der Waals surface area contributed by atoms with Crippen LogP contribution in [-0.2, 0) is 30.8 Å². The normalized spacial score (nSPS) is 24.8. The summed E-state index contributed by atoms with van der Waals surface area (Å²) in [6.07, 6.45) is 0.580. The number of aryl methyl sites for hydroxylation is 1. The number of fused-ring (bicyclic) bond motifs is 1. The van der Waals surface area contributed by atoms with Crippen molar-refractivity contribution in [2.24, 2.45) is 0 Å².